The van der Waals surface area contributed by atoms with Gasteiger partial charge in [0, 0.05) is 32.0 Å². The van der Waals surface area contributed by atoms with Gasteiger partial charge in [0.25, 0.3) is 0 Å². The highest BCUT2D eigenvalue weighted by Gasteiger charge is 2.11. The Labute approximate surface area is 103 Å². The molecule has 0 saturated carbocycles. The Morgan fingerprint density at radius 2 is 2.00 bits per heavy atom. The SMILES string of the molecule is CN(CCN)c1ncc2c(n1)CCCCCC2. The van der Waals surface area contributed by atoms with Crippen molar-refractivity contribution < 1.29 is 0 Å². The highest BCUT2D eigenvalue weighted by molar-refractivity contribution is 5.32. The van der Waals surface area contributed by atoms with Crippen molar-refractivity contribution in [1.82, 2.24) is 9.97 Å². The zero-order valence-electron chi connectivity index (χ0n) is 10.7. The van der Waals surface area contributed by atoms with E-state index in [0.29, 0.717) is 6.54 Å². The van der Waals surface area contributed by atoms with Crippen molar-refractivity contribution >= 4 is 5.95 Å². The van der Waals surface area contributed by atoms with Crippen molar-refractivity contribution in [3.8, 4) is 0 Å². The van der Waals surface area contributed by atoms with Crippen molar-refractivity contribution in [2.45, 2.75) is 38.5 Å². The first kappa shape index (κ1) is 12.3. The van der Waals surface area contributed by atoms with Crippen LogP contribution in [-0.2, 0) is 12.8 Å². The predicted molar refractivity (Wildman–Crippen MR) is 70.2 cm³/mol. The maximum absolute atomic E-state index is 5.55. The van der Waals surface area contributed by atoms with Crippen LogP contribution in [0.15, 0.2) is 6.20 Å². The maximum atomic E-state index is 5.55. The summed E-state index contributed by atoms with van der Waals surface area (Å²) < 4.78 is 0. The van der Waals surface area contributed by atoms with Crippen molar-refractivity contribution in [1.29, 1.82) is 0 Å². The van der Waals surface area contributed by atoms with Gasteiger partial charge < -0.3 is 10.6 Å². The van der Waals surface area contributed by atoms with E-state index in [1.807, 2.05) is 18.1 Å². The molecule has 0 amide bonds. The summed E-state index contributed by atoms with van der Waals surface area (Å²) in [7, 11) is 2.00. The van der Waals surface area contributed by atoms with Crippen LogP contribution < -0.4 is 10.6 Å². The predicted octanol–water partition coefficient (Wildman–Crippen LogP) is 1.53. The first-order valence-electron chi connectivity index (χ1n) is 6.57. The summed E-state index contributed by atoms with van der Waals surface area (Å²) in [5.74, 6) is 0.815. The molecule has 94 valence electrons. The van der Waals surface area contributed by atoms with Crippen LogP contribution in [0, 0.1) is 0 Å². The average Bonchev–Trinajstić information content (AvgIpc) is 2.30. The second-order valence-corrected chi connectivity index (χ2v) is 4.77. The summed E-state index contributed by atoms with van der Waals surface area (Å²) in [6.45, 7) is 1.44. The number of hydrogen-bond donors (Lipinski definition) is 1. The summed E-state index contributed by atoms with van der Waals surface area (Å²) >= 11 is 0. The van der Waals surface area contributed by atoms with Crippen LogP contribution in [0.2, 0.25) is 0 Å². The molecule has 1 heterocycles. The molecule has 0 atom stereocenters. The summed E-state index contributed by atoms with van der Waals surface area (Å²) in [5, 5.41) is 0. The van der Waals surface area contributed by atoms with Crippen LogP contribution in [0.5, 0.6) is 0 Å². The molecular formula is C13H22N4. The van der Waals surface area contributed by atoms with E-state index in [1.54, 1.807) is 0 Å². The molecule has 0 fully saturated rings. The fourth-order valence-corrected chi connectivity index (χ4v) is 2.30. The lowest BCUT2D eigenvalue weighted by Gasteiger charge is -2.19. The number of aromatic nitrogens is 2. The molecule has 0 radical (unpaired) electrons. The van der Waals surface area contributed by atoms with E-state index in [2.05, 4.69) is 4.98 Å². The zero-order chi connectivity index (χ0) is 12.1. The Hall–Kier alpha value is -1.16. The van der Waals surface area contributed by atoms with Crippen LogP contribution in [0.4, 0.5) is 5.95 Å². The Morgan fingerprint density at radius 3 is 2.76 bits per heavy atom. The highest BCUT2D eigenvalue weighted by atomic mass is 15.2. The average molecular weight is 234 g/mol. The van der Waals surface area contributed by atoms with Crippen LogP contribution in [0.25, 0.3) is 0 Å². The largest absolute Gasteiger partial charge is 0.343 e. The number of hydrogen-bond acceptors (Lipinski definition) is 4. The van der Waals surface area contributed by atoms with Gasteiger partial charge in [-0.3, -0.25) is 0 Å². The number of fused-ring (bicyclic) bond motifs is 1. The van der Waals surface area contributed by atoms with E-state index in [4.69, 9.17) is 10.7 Å². The highest BCUT2D eigenvalue weighted by Crippen LogP contribution is 2.19. The van der Waals surface area contributed by atoms with Gasteiger partial charge >= 0.3 is 0 Å². The van der Waals surface area contributed by atoms with E-state index in [1.165, 1.54) is 36.9 Å². The van der Waals surface area contributed by atoms with Gasteiger partial charge in [-0.1, -0.05) is 12.8 Å². The van der Waals surface area contributed by atoms with Gasteiger partial charge in [-0.25, -0.2) is 9.97 Å². The minimum absolute atomic E-state index is 0.636. The third kappa shape index (κ3) is 3.16. The van der Waals surface area contributed by atoms with Crippen molar-refractivity contribution in [3.05, 3.63) is 17.5 Å². The number of likely N-dealkylation sites (N-methyl/N-ethyl adjacent to an activating group) is 1. The molecule has 0 aliphatic heterocycles. The van der Waals surface area contributed by atoms with Crippen LogP contribution in [0.3, 0.4) is 0 Å². The molecule has 0 spiro atoms. The molecule has 17 heavy (non-hydrogen) atoms. The fraction of sp³-hybridized carbons (Fsp3) is 0.692. The molecular weight excluding hydrogens is 212 g/mol. The van der Waals surface area contributed by atoms with Gasteiger partial charge in [-0.2, -0.15) is 0 Å². The summed E-state index contributed by atoms with van der Waals surface area (Å²) in [6, 6.07) is 0. The topological polar surface area (TPSA) is 55.0 Å². The van der Waals surface area contributed by atoms with Crippen LogP contribution >= 0.6 is 0 Å². The summed E-state index contributed by atoms with van der Waals surface area (Å²) in [6.07, 6.45) is 9.44. The summed E-state index contributed by atoms with van der Waals surface area (Å²) in [4.78, 5) is 11.2. The number of anilines is 1. The van der Waals surface area contributed by atoms with E-state index in [9.17, 15) is 0 Å². The van der Waals surface area contributed by atoms with Gasteiger partial charge in [0.2, 0.25) is 5.95 Å². The standard InChI is InChI=1S/C13H22N4/c1-17(9-8-14)13-15-10-11-6-4-2-3-5-7-12(11)16-13/h10H,2-9,14H2,1H3. The molecule has 0 aromatic carbocycles. The Bertz CT molecular complexity index is 364. The first-order valence-corrected chi connectivity index (χ1v) is 6.57. The van der Waals surface area contributed by atoms with Crippen LogP contribution in [0.1, 0.15) is 36.9 Å². The molecule has 2 N–H and O–H groups in total. The summed E-state index contributed by atoms with van der Waals surface area (Å²) in [5.41, 5.74) is 8.14. The molecule has 0 unspecified atom stereocenters. The lowest BCUT2D eigenvalue weighted by Crippen LogP contribution is -2.27. The minimum atomic E-state index is 0.636. The maximum Gasteiger partial charge on any atom is 0.225 e. The van der Waals surface area contributed by atoms with Crippen molar-refractivity contribution in [3.63, 3.8) is 0 Å². The van der Waals surface area contributed by atoms with E-state index in [-0.39, 0.29) is 0 Å². The normalized spacial score (nSPS) is 15.9. The Morgan fingerprint density at radius 1 is 1.24 bits per heavy atom. The van der Waals surface area contributed by atoms with Gasteiger partial charge in [-0.15, -0.1) is 0 Å². The minimum Gasteiger partial charge on any atom is -0.343 e. The molecule has 4 heteroatoms. The van der Waals surface area contributed by atoms with Gasteiger partial charge in [0.1, 0.15) is 0 Å². The van der Waals surface area contributed by atoms with E-state index >= 15 is 0 Å². The zero-order valence-corrected chi connectivity index (χ0v) is 10.7. The Balaban J connectivity index is 2.18. The van der Waals surface area contributed by atoms with Gasteiger partial charge in [0.15, 0.2) is 0 Å². The second-order valence-electron chi connectivity index (χ2n) is 4.77. The quantitative estimate of drug-likeness (QED) is 0.861. The number of rotatable bonds is 3. The van der Waals surface area contributed by atoms with Crippen molar-refractivity contribution in [2.75, 3.05) is 25.0 Å². The van der Waals surface area contributed by atoms with Crippen LogP contribution in [-0.4, -0.2) is 30.1 Å². The molecule has 0 bridgehead atoms. The smallest absolute Gasteiger partial charge is 0.225 e. The lowest BCUT2D eigenvalue weighted by atomic mass is 9.98. The molecule has 4 nitrogen and oxygen atoms in total. The second kappa shape index (κ2) is 5.96. The third-order valence-electron chi connectivity index (χ3n) is 3.36. The lowest BCUT2D eigenvalue weighted by molar-refractivity contribution is 0.605. The van der Waals surface area contributed by atoms with E-state index < -0.39 is 0 Å². The third-order valence-corrected chi connectivity index (χ3v) is 3.36. The molecule has 1 aromatic rings. The molecule has 1 aliphatic rings. The van der Waals surface area contributed by atoms with Gasteiger partial charge in [-0.05, 0) is 31.2 Å². The number of aryl methyl sites for hydroxylation is 2. The van der Waals surface area contributed by atoms with E-state index in [0.717, 1.165) is 25.3 Å². The monoisotopic (exact) mass is 234 g/mol. The Kier molecular flexibility index (Phi) is 4.31. The number of nitrogens with two attached hydrogens (primary N) is 1. The fourth-order valence-electron chi connectivity index (χ4n) is 2.30. The molecule has 2 rings (SSSR count). The number of nitrogens with zero attached hydrogens (tertiary/aromatic N) is 3. The molecule has 0 saturated heterocycles. The van der Waals surface area contributed by atoms with Crippen molar-refractivity contribution in [2.24, 2.45) is 5.73 Å². The molecule has 1 aromatic heterocycles. The van der Waals surface area contributed by atoms with Gasteiger partial charge in [0.05, 0.1) is 0 Å². The molecule has 1 aliphatic carbocycles. The first-order chi connectivity index (χ1) is 8.31.